The van der Waals surface area contributed by atoms with Gasteiger partial charge in [-0.3, -0.25) is 0 Å². The molecular weight excluding hydrogens is 1790 g/mol. The Bertz CT molecular complexity index is 8600. The first-order chi connectivity index (χ1) is 73.0. The molecule has 0 heterocycles. The van der Waals surface area contributed by atoms with Crippen LogP contribution in [0.25, 0.3) is 97.7 Å². The first-order valence-corrected chi connectivity index (χ1v) is 52.1. The third kappa shape index (κ3) is 20.3. The van der Waals surface area contributed by atoms with Crippen LogP contribution in [0, 0.1) is 0 Å². The number of anilines is 18. The molecule has 0 saturated heterocycles. The van der Waals surface area contributed by atoms with Crippen LogP contribution in [0.5, 0.6) is 0 Å². The fourth-order valence-corrected chi connectivity index (χ4v) is 20.8. The van der Waals surface area contributed by atoms with E-state index in [1.165, 1.54) is 114 Å². The number of rotatable bonds is 26. The number of hydrogen-bond donors (Lipinski definition) is 0. The van der Waals surface area contributed by atoms with Crippen LogP contribution in [0.15, 0.2) is 552 Å². The Labute approximate surface area is 870 Å². The van der Waals surface area contributed by atoms with E-state index in [9.17, 15) is 0 Å². The summed E-state index contributed by atoms with van der Waals surface area (Å²) in [6.07, 6.45) is 3.37. The normalized spacial score (nSPS) is 11.9. The molecule has 148 heavy (non-hydrogen) atoms. The van der Waals surface area contributed by atoms with Crippen molar-refractivity contribution in [1.29, 1.82) is 0 Å². The Morgan fingerprint density at radius 3 is 0.689 bits per heavy atom. The first-order valence-electron chi connectivity index (χ1n) is 52.1. The van der Waals surface area contributed by atoms with Crippen LogP contribution in [-0.2, 0) is 0 Å². The summed E-state index contributed by atoms with van der Waals surface area (Å²) in [6, 6.07) is 200. The second kappa shape index (κ2) is 43.6. The molecule has 0 bridgehead atoms. The van der Waals surface area contributed by atoms with Crippen molar-refractivity contribution in [3.05, 3.63) is 569 Å². The maximum absolute atomic E-state index is 2.41. The molecule has 0 aliphatic carbocycles. The van der Waals surface area contributed by atoms with Crippen LogP contribution in [-0.4, -0.2) is 0 Å². The van der Waals surface area contributed by atoms with E-state index in [1.54, 1.807) is 0 Å². The predicted octanol–water partition coefficient (Wildman–Crippen LogP) is 41.8. The second-order valence-corrected chi connectivity index (χ2v) is 38.7. The van der Waals surface area contributed by atoms with Gasteiger partial charge in [0.05, 0.1) is 17.1 Å². The molecule has 0 N–H and O–H groups in total. The molecule has 24 aromatic carbocycles. The molecule has 0 saturated carbocycles. The number of hydrogen-bond acceptors (Lipinski definition) is 6. The monoisotopic (exact) mass is 1910 g/mol. The molecule has 0 amide bonds. The average molecular weight is 1910 g/mol. The van der Waals surface area contributed by atoms with Crippen molar-refractivity contribution >= 4 is 178 Å². The van der Waals surface area contributed by atoms with Gasteiger partial charge in [-0.1, -0.05) is 369 Å². The van der Waals surface area contributed by atoms with Gasteiger partial charge < -0.3 is 29.4 Å². The number of nitrogens with zero attached hydrogens (tertiary/aromatic N) is 6. The molecule has 716 valence electrons. The highest BCUT2D eigenvalue weighted by atomic mass is 15.2. The van der Waals surface area contributed by atoms with Crippen molar-refractivity contribution in [1.82, 2.24) is 0 Å². The van der Waals surface area contributed by atoms with Gasteiger partial charge in [-0.2, -0.15) is 0 Å². The summed E-state index contributed by atoms with van der Waals surface area (Å²) in [7, 11) is 0. The maximum Gasteiger partial charge on any atom is 0.0540 e. The topological polar surface area (TPSA) is 19.4 Å². The molecule has 24 rings (SSSR count). The molecule has 0 aromatic heterocycles. The molecule has 6 heteroatoms. The van der Waals surface area contributed by atoms with Gasteiger partial charge in [0.25, 0.3) is 0 Å². The third-order valence-electron chi connectivity index (χ3n) is 29.5. The molecule has 6 nitrogen and oxygen atoms in total. The number of benzene rings is 24. The summed E-state index contributed by atoms with van der Waals surface area (Å²) < 4.78 is 0. The van der Waals surface area contributed by atoms with E-state index in [4.69, 9.17) is 0 Å². The molecule has 24 aromatic rings. The molecule has 3 unspecified atom stereocenters. The van der Waals surface area contributed by atoms with Crippen molar-refractivity contribution in [2.24, 2.45) is 0 Å². The Kier molecular flexibility index (Phi) is 27.9. The molecule has 0 radical (unpaired) electrons. The lowest BCUT2D eigenvalue weighted by Gasteiger charge is -2.31. The zero-order chi connectivity index (χ0) is 100. The minimum Gasteiger partial charge on any atom is -0.310 e. The Balaban J connectivity index is 0.000000126. The fourth-order valence-electron chi connectivity index (χ4n) is 20.8. The lowest BCUT2D eigenvalue weighted by molar-refractivity contribution is 0.733. The van der Waals surface area contributed by atoms with E-state index in [2.05, 4.69) is 623 Å². The van der Waals surface area contributed by atoms with Crippen LogP contribution in [0.1, 0.15) is 95.2 Å². The average Bonchev–Trinajstić information content (AvgIpc) is 0.774. The largest absolute Gasteiger partial charge is 0.310 e. The van der Waals surface area contributed by atoms with Crippen LogP contribution in [0.3, 0.4) is 0 Å². The van der Waals surface area contributed by atoms with Gasteiger partial charge in [0.15, 0.2) is 0 Å². The van der Waals surface area contributed by atoms with Crippen molar-refractivity contribution < 1.29 is 0 Å². The summed E-state index contributed by atoms with van der Waals surface area (Å²) >= 11 is 0. The van der Waals surface area contributed by atoms with Crippen LogP contribution in [0.4, 0.5) is 102 Å². The lowest BCUT2D eigenvalue weighted by Crippen LogP contribution is -2.13. The molecule has 0 aliphatic rings. The van der Waals surface area contributed by atoms with Crippen LogP contribution >= 0.6 is 0 Å². The summed E-state index contributed by atoms with van der Waals surface area (Å²) in [5.41, 5.74) is 29.1. The van der Waals surface area contributed by atoms with Gasteiger partial charge in [0.2, 0.25) is 0 Å². The molecule has 0 spiro atoms. The standard InChI is InChI=1S/C50H42N2.2C46H38N2/c1-3-37(2)38-26-29-43(30-27-38)51(46-31-28-39-16-10-11-21-42(39)36-46)44-32-34-45(35-33-44)52(49-24-14-12-22-47(49)40-17-6-4-7-18-40)50-25-15-13-23-48(50)41-19-8-5-9-20-41;1-3-33(2)34-20-23-41(24-21-34)47(44-25-22-35-12-7-8-14-37(35)31-44)42-26-28-43(29-27-42)48(40-17-5-4-6-18-40)46-19-11-16-39-30-36-13-9-10-15-38(36)32-45(39)46;1-3-33(2)34-17-21-42(22-18-34)48(45-23-19-35-11-7-8-14-38(35)31-45)44-27-25-43(26-28-44)47(41-15-5-4-6-16-41)46-24-20-39-29-36-12-9-10-13-37(36)30-40(39)32-46/h4-37H,3H2,1-2H3;2*4-33H,3H2,1-2H3. The minimum absolute atomic E-state index is 0.519. The van der Waals surface area contributed by atoms with Crippen LogP contribution in [0.2, 0.25) is 0 Å². The van der Waals surface area contributed by atoms with Gasteiger partial charge in [0.1, 0.15) is 0 Å². The van der Waals surface area contributed by atoms with Gasteiger partial charge >= 0.3 is 0 Å². The van der Waals surface area contributed by atoms with Gasteiger partial charge in [0, 0.05) is 102 Å². The predicted molar refractivity (Wildman–Crippen MR) is 637 cm³/mol. The molecule has 3 atom stereocenters. The second-order valence-electron chi connectivity index (χ2n) is 38.7. The minimum atomic E-state index is 0.519. The van der Waals surface area contributed by atoms with Crippen molar-refractivity contribution in [3.63, 3.8) is 0 Å². The molecular formula is C142H118N6. The van der Waals surface area contributed by atoms with Crippen molar-refractivity contribution in [2.45, 2.75) is 78.6 Å². The Morgan fingerprint density at radius 2 is 0.351 bits per heavy atom. The highest BCUT2D eigenvalue weighted by Crippen LogP contribution is 2.50. The van der Waals surface area contributed by atoms with E-state index in [0.717, 1.165) is 122 Å². The number of para-hydroxylation sites is 4. The van der Waals surface area contributed by atoms with Gasteiger partial charge in [-0.05, 0) is 359 Å². The quantitative estimate of drug-likeness (QED) is 0.0500. The third-order valence-corrected chi connectivity index (χ3v) is 29.5. The van der Waals surface area contributed by atoms with E-state index < -0.39 is 0 Å². The maximum atomic E-state index is 2.41. The van der Waals surface area contributed by atoms with Crippen molar-refractivity contribution in [2.75, 3.05) is 29.4 Å². The van der Waals surface area contributed by atoms with E-state index in [1.807, 2.05) is 0 Å². The Morgan fingerprint density at radius 1 is 0.142 bits per heavy atom. The van der Waals surface area contributed by atoms with Crippen molar-refractivity contribution in [3.8, 4) is 22.3 Å². The summed E-state index contributed by atoms with van der Waals surface area (Å²) in [5, 5.41) is 17.3. The highest BCUT2D eigenvalue weighted by molar-refractivity contribution is 6.07. The van der Waals surface area contributed by atoms with E-state index in [-0.39, 0.29) is 0 Å². The van der Waals surface area contributed by atoms with Gasteiger partial charge in [-0.25, -0.2) is 0 Å². The molecule has 0 aliphatic heterocycles. The summed E-state index contributed by atoms with van der Waals surface area (Å²) in [5.74, 6) is 1.58. The fraction of sp³-hybridized carbons (Fsp3) is 0.0845. The first kappa shape index (κ1) is 94.8. The summed E-state index contributed by atoms with van der Waals surface area (Å²) in [4.78, 5) is 14.2. The Hall–Kier alpha value is -18.1. The lowest BCUT2D eigenvalue weighted by atomic mass is 9.98. The zero-order valence-corrected chi connectivity index (χ0v) is 84.6. The number of fused-ring (bicyclic) bond motifs is 7. The highest BCUT2D eigenvalue weighted by Gasteiger charge is 2.26. The SMILES string of the molecule is CCC(C)c1ccc(N(c2ccc(N(c3ccccc3)c3ccc4cc5ccccc5cc4c3)cc2)c2ccc3ccccc3c2)cc1.CCC(C)c1ccc(N(c2ccc(N(c3ccccc3)c3cccc4cc5ccccc5cc34)cc2)c2ccc3ccccc3c2)cc1.CCC(C)c1ccc(N(c2ccc(N(c3ccccc3-c3ccccc3)c3ccccc3-c3ccccc3)cc2)c2ccc3ccccc3c2)cc1. The van der Waals surface area contributed by atoms with Gasteiger partial charge in [-0.15, -0.1) is 0 Å². The smallest absolute Gasteiger partial charge is 0.0540 e. The van der Waals surface area contributed by atoms with Crippen LogP contribution < -0.4 is 29.4 Å². The molecule has 0 fully saturated rings. The summed E-state index contributed by atoms with van der Waals surface area (Å²) in [6.45, 7) is 13.6. The zero-order valence-electron chi connectivity index (χ0n) is 84.6. The van der Waals surface area contributed by atoms with E-state index in [0.29, 0.717) is 17.8 Å². The van der Waals surface area contributed by atoms with E-state index >= 15 is 0 Å².